The van der Waals surface area contributed by atoms with Gasteiger partial charge in [-0.3, -0.25) is 4.79 Å². The van der Waals surface area contributed by atoms with E-state index in [1.54, 1.807) is 6.26 Å². The van der Waals surface area contributed by atoms with E-state index < -0.39 is 5.60 Å². The van der Waals surface area contributed by atoms with Gasteiger partial charge >= 0.3 is 0 Å². The van der Waals surface area contributed by atoms with Gasteiger partial charge in [0.2, 0.25) is 0 Å². The van der Waals surface area contributed by atoms with Crippen molar-refractivity contribution in [2.45, 2.75) is 31.8 Å². The maximum atomic E-state index is 10.6. The fourth-order valence-electron chi connectivity index (χ4n) is 1.07. The van der Waals surface area contributed by atoms with Crippen molar-refractivity contribution in [1.82, 2.24) is 0 Å². The Kier molecular flexibility index (Phi) is 2.10. The molecule has 1 aliphatic heterocycles. The molecule has 0 aliphatic carbocycles. The highest BCUT2D eigenvalue weighted by Gasteiger charge is 2.29. The summed E-state index contributed by atoms with van der Waals surface area (Å²) in [5, 5.41) is 0. The number of hydrogen-bond acceptors (Lipinski definition) is 2. The van der Waals surface area contributed by atoms with E-state index in [-0.39, 0.29) is 0 Å². The standard InChI is InChI=1S/C8H12O2/c1-2-8(7-9)5-3-4-6-10-8/h4,6-7H,2-3,5H2,1H3. The van der Waals surface area contributed by atoms with E-state index in [2.05, 4.69) is 0 Å². The zero-order chi connectivity index (χ0) is 7.45. The van der Waals surface area contributed by atoms with Gasteiger partial charge in [-0.25, -0.2) is 0 Å². The van der Waals surface area contributed by atoms with Crippen LogP contribution in [-0.2, 0) is 9.53 Å². The molecule has 0 radical (unpaired) electrons. The van der Waals surface area contributed by atoms with Crippen LogP contribution >= 0.6 is 0 Å². The van der Waals surface area contributed by atoms with Crippen molar-refractivity contribution in [2.24, 2.45) is 0 Å². The molecule has 1 aliphatic rings. The second-order valence-electron chi connectivity index (χ2n) is 2.56. The van der Waals surface area contributed by atoms with Gasteiger partial charge in [-0.05, 0) is 25.3 Å². The maximum absolute atomic E-state index is 10.6. The van der Waals surface area contributed by atoms with Crippen LogP contribution < -0.4 is 0 Å². The number of aldehydes is 1. The monoisotopic (exact) mass is 140 g/mol. The number of rotatable bonds is 2. The van der Waals surface area contributed by atoms with Gasteiger partial charge in [-0.1, -0.05) is 6.92 Å². The van der Waals surface area contributed by atoms with Gasteiger partial charge in [0.25, 0.3) is 0 Å². The number of allylic oxidation sites excluding steroid dienone is 1. The minimum absolute atomic E-state index is 0.505. The molecule has 0 aromatic heterocycles. The summed E-state index contributed by atoms with van der Waals surface area (Å²) in [4.78, 5) is 10.6. The number of carbonyl (C=O) groups is 1. The molecule has 1 rings (SSSR count). The summed E-state index contributed by atoms with van der Waals surface area (Å²) in [6.07, 6.45) is 7.02. The highest BCUT2D eigenvalue weighted by Crippen LogP contribution is 2.24. The predicted octanol–water partition coefficient (Wildman–Crippen LogP) is 1.66. The first kappa shape index (κ1) is 7.32. The summed E-state index contributed by atoms with van der Waals surface area (Å²) in [5.74, 6) is 0. The Morgan fingerprint density at radius 3 is 2.90 bits per heavy atom. The minimum atomic E-state index is -0.505. The Hall–Kier alpha value is -0.790. The third-order valence-electron chi connectivity index (χ3n) is 1.95. The Labute approximate surface area is 60.9 Å². The van der Waals surface area contributed by atoms with Crippen molar-refractivity contribution >= 4 is 6.29 Å². The molecule has 2 nitrogen and oxygen atoms in total. The van der Waals surface area contributed by atoms with Crippen LogP contribution in [0.4, 0.5) is 0 Å². The van der Waals surface area contributed by atoms with E-state index in [0.717, 1.165) is 25.5 Å². The fourth-order valence-corrected chi connectivity index (χ4v) is 1.07. The Bertz CT molecular complexity index is 151. The summed E-state index contributed by atoms with van der Waals surface area (Å²) < 4.78 is 5.22. The average Bonchev–Trinajstić information content (AvgIpc) is 2.06. The van der Waals surface area contributed by atoms with Crippen molar-refractivity contribution in [3.8, 4) is 0 Å². The lowest BCUT2D eigenvalue weighted by atomic mass is 9.95. The van der Waals surface area contributed by atoms with Gasteiger partial charge < -0.3 is 4.74 Å². The van der Waals surface area contributed by atoms with Crippen LogP contribution in [0.25, 0.3) is 0 Å². The lowest BCUT2D eigenvalue weighted by molar-refractivity contribution is -0.126. The van der Waals surface area contributed by atoms with Crippen molar-refractivity contribution in [3.05, 3.63) is 12.3 Å². The first-order valence-electron chi connectivity index (χ1n) is 3.62. The van der Waals surface area contributed by atoms with Crippen LogP contribution in [-0.4, -0.2) is 11.9 Å². The molecule has 0 saturated heterocycles. The highest BCUT2D eigenvalue weighted by molar-refractivity contribution is 5.62. The van der Waals surface area contributed by atoms with Gasteiger partial charge in [-0.15, -0.1) is 0 Å². The summed E-state index contributed by atoms with van der Waals surface area (Å²) in [7, 11) is 0. The van der Waals surface area contributed by atoms with E-state index in [1.165, 1.54) is 0 Å². The first-order valence-corrected chi connectivity index (χ1v) is 3.62. The van der Waals surface area contributed by atoms with Gasteiger partial charge in [0.1, 0.15) is 0 Å². The van der Waals surface area contributed by atoms with Gasteiger partial charge in [-0.2, -0.15) is 0 Å². The van der Waals surface area contributed by atoms with Crippen molar-refractivity contribution in [2.75, 3.05) is 0 Å². The molecule has 1 unspecified atom stereocenters. The average molecular weight is 140 g/mol. The molecule has 0 amide bonds. The molecule has 1 heterocycles. The quantitative estimate of drug-likeness (QED) is 0.545. The summed E-state index contributed by atoms with van der Waals surface area (Å²) >= 11 is 0. The van der Waals surface area contributed by atoms with Gasteiger partial charge in [0.05, 0.1) is 6.26 Å². The van der Waals surface area contributed by atoms with Crippen LogP contribution in [0.1, 0.15) is 26.2 Å². The Balaban J connectivity index is 2.64. The van der Waals surface area contributed by atoms with Crippen LogP contribution in [0.15, 0.2) is 12.3 Å². The molecular formula is C8H12O2. The zero-order valence-electron chi connectivity index (χ0n) is 6.17. The SMILES string of the molecule is CCC1(C=O)CCC=CO1. The highest BCUT2D eigenvalue weighted by atomic mass is 16.5. The molecule has 0 saturated carbocycles. The second kappa shape index (κ2) is 2.86. The zero-order valence-corrected chi connectivity index (χ0v) is 6.17. The van der Waals surface area contributed by atoms with E-state index in [1.807, 2.05) is 13.0 Å². The number of carbonyl (C=O) groups excluding carboxylic acids is 1. The lowest BCUT2D eigenvalue weighted by Gasteiger charge is -2.28. The lowest BCUT2D eigenvalue weighted by Crippen LogP contribution is -2.33. The van der Waals surface area contributed by atoms with Crippen molar-refractivity contribution < 1.29 is 9.53 Å². The maximum Gasteiger partial charge on any atom is 0.163 e. The van der Waals surface area contributed by atoms with E-state index in [0.29, 0.717) is 0 Å². The molecule has 0 fully saturated rings. The molecule has 2 heteroatoms. The topological polar surface area (TPSA) is 26.3 Å². The second-order valence-corrected chi connectivity index (χ2v) is 2.56. The van der Waals surface area contributed by atoms with Crippen LogP contribution in [0.2, 0.25) is 0 Å². The molecule has 0 aromatic rings. The Morgan fingerprint density at radius 2 is 2.60 bits per heavy atom. The van der Waals surface area contributed by atoms with Crippen molar-refractivity contribution in [1.29, 1.82) is 0 Å². The van der Waals surface area contributed by atoms with Crippen molar-refractivity contribution in [3.63, 3.8) is 0 Å². The molecule has 1 atom stereocenters. The smallest absolute Gasteiger partial charge is 0.163 e. The van der Waals surface area contributed by atoms with Crippen LogP contribution in [0, 0.1) is 0 Å². The third kappa shape index (κ3) is 1.20. The molecule has 56 valence electrons. The van der Waals surface area contributed by atoms with Gasteiger partial charge in [0.15, 0.2) is 11.9 Å². The molecular weight excluding hydrogens is 128 g/mol. The van der Waals surface area contributed by atoms with Crippen LogP contribution in [0.3, 0.4) is 0 Å². The van der Waals surface area contributed by atoms with E-state index in [4.69, 9.17) is 4.74 Å². The van der Waals surface area contributed by atoms with Gasteiger partial charge in [0, 0.05) is 0 Å². The predicted molar refractivity (Wildman–Crippen MR) is 38.5 cm³/mol. The van der Waals surface area contributed by atoms with Crippen LogP contribution in [0.5, 0.6) is 0 Å². The fraction of sp³-hybridized carbons (Fsp3) is 0.625. The molecule has 0 spiro atoms. The largest absolute Gasteiger partial charge is 0.488 e. The van der Waals surface area contributed by atoms with E-state index in [9.17, 15) is 4.79 Å². The molecule has 0 aromatic carbocycles. The first-order chi connectivity index (χ1) is 4.83. The normalized spacial score (nSPS) is 31.3. The summed E-state index contributed by atoms with van der Waals surface area (Å²) in [5.41, 5.74) is -0.505. The minimum Gasteiger partial charge on any atom is -0.488 e. The summed E-state index contributed by atoms with van der Waals surface area (Å²) in [6, 6.07) is 0. The Morgan fingerprint density at radius 1 is 1.80 bits per heavy atom. The molecule has 10 heavy (non-hydrogen) atoms. The summed E-state index contributed by atoms with van der Waals surface area (Å²) in [6.45, 7) is 1.97. The molecule has 0 bridgehead atoms. The van der Waals surface area contributed by atoms with E-state index >= 15 is 0 Å². The number of hydrogen-bond donors (Lipinski definition) is 0. The third-order valence-corrected chi connectivity index (χ3v) is 1.95. The number of ether oxygens (including phenoxy) is 1. The molecule has 0 N–H and O–H groups in total.